The first-order valence-corrected chi connectivity index (χ1v) is 7.75. The first kappa shape index (κ1) is 15.5. The molecule has 0 aromatic heterocycles. The van der Waals surface area contributed by atoms with Crippen LogP contribution >= 0.6 is 27.5 Å². The van der Waals surface area contributed by atoms with E-state index in [1.54, 1.807) is 6.07 Å². The lowest BCUT2D eigenvalue weighted by molar-refractivity contribution is -0.136. The maximum absolute atomic E-state index is 12.4. The van der Waals surface area contributed by atoms with E-state index in [-0.39, 0.29) is 11.7 Å². The van der Waals surface area contributed by atoms with E-state index in [0.29, 0.717) is 17.0 Å². The lowest BCUT2D eigenvalue weighted by atomic mass is 9.80. The Hall–Kier alpha value is -0.870. The van der Waals surface area contributed by atoms with Gasteiger partial charge in [-0.25, -0.2) is 0 Å². The van der Waals surface area contributed by atoms with Crippen LogP contribution in [-0.2, 0) is 16.0 Å². The summed E-state index contributed by atoms with van der Waals surface area (Å²) >= 11 is 9.68. The molecular weight excluding hydrogens is 342 g/mol. The van der Waals surface area contributed by atoms with Crippen molar-refractivity contribution in [2.75, 3.05) is 0 Å². The topological polar surface area (TPSA) is 46.2 Å². The molecular formula is C15H17BrClNO2. The molecule has 108 valence electrons. The number of carbonyl (C=O) groups excluding carboxylic acids is 2. The standard InChI is InChI=1S/C15H17BrClNO2/c1-4-8-5-9(16)6-10(17)12(8)13-11(19)7-15(2,3)18-14(13)20/h5-6,13H,4,7H2,1-3H3,(H,18,20). The minimum absolute atomic E-state index is 0.0716. The summed E-state index contributed by atoms with van der Waals surface area (Å²) in [4.78, 5) is 24.7. The number of aryl methyl sites for hydroxylation is 1. The molecule has 1 atom stereocenters. The molecule has 1 N–H and O–H groups in total. The summed E-state index contributed by atoms with van der Waals surface area (Å²) in [5.74, 6) is -1.12. The van der Waals surface area contributed by atoms with Crippen molar-refractivity contribution in [3.05, 3.63) is 32.8 Å². The lowest BCUT2D eigenvalue weighted by Gasteiger charge is -2.35. The van der Waals surface area contributed by atoms with Gasteiger partial charge in [-0.05, 0) is 43.5 Å². The number of Topliss-reactive ketones (excluding diaryl/α,β-unsaturated/α-hetero) is 1. The molecule has 0 aliphatic carbocycles. The number of amides is 1. The number of piperidine rings is 1. The van der Waals surface area contributed by atoms with Crippen LogP contribution in [0.2, 0.25) is 5.02 Å². The van der Waals surface area contributed by atoms with Crippen LogP contribution < -0.4 is 5.32 Å². The largest absolute Gasteiger partial charge is 0.350 e. The average Bonchev–Trinajstić information content (AvgIpc) is 2.28. The van der Waals surface area contributed by atoms with Gasteiger partial charge in [-0.1, -0.05) is 34.5 Å². The van der Waals surface area contributed by atoms with E-state index in [1.165, 1.54) is 0 Å². The number of ketones is 1. The summed E-state index contributed by atoms with van der Waals surface area (Å²) in [6.07, 6.45) is 1.04. The number of hydrogen-bond acceptors (Lipinski definition) is 2. The van der Waals surface area contributed by atoms with Crippen LogP contribution in [0, 0.1) is 0 Å². The molecule has 1 aliphatic heterocycles. The predicted molar refractivity (Wildman–Crippen MR) is 83.1 cm³/mol. The number of nitrogens with one attached hydrogen (secondary N) is 1. The number of hydrogen-bond donors (Lipinski definition) is 1. The van der Waals surface area contributed by atoms with Crippen LogP contribution in [0.25, 0.3) is 0 Å². The summed E-state index contributed by atoms with van der Waals surface area (Å²) < 4.78 is 0.854. The summed E-state index contributed by atoms with van der Waals surface area (Å²) in [7, 11) is 0. The lowest BCUT2D eigenvalue weighted by Crippen LogP contribution is -2.54. The van der Waals surface area contributed by atoms with Crippen molar-refractivity contribution in [1.29, 1.82) is 0 Å². The average molecular weight is 359 g/mol. The van der Waals surface area contributed by atoms with Gasteiger partial charge in [0.1, 0.15) is 5.92 Å². The van der Waals surface area contributed by atoms with Gasteiger partial charge in [0.15, 0.2) is 5.78 Å². The second-order valence-corrected chi connectivity index (χ2v) is 7.09. The molecule has 5 heteroatoms. The second kappa shape index (κ2) is 5.49. The minimum atomic E-state index is -0.793. The fourth-order valence-corrected chi connectivity index (χ4v) is 3.66. The molecule has 0 spiro atoms. The van der Waals surface area contributed by atoms with Gasteiger partial charge in [0.25, 0.3) is 0 Å². The molecule has 0 bridgehead atoms. The Bertz CT molecular complexity index is 563. The predicted octanol–water partition coefficient (Wildman–Crippen LogP) is 3.62. The Morgan fingerprint density at radius 3 is 2.60 bits per heavy atom. The molecule has 1 fully saturated rings. The Labute approximate surface area is 132 Å². The first-order valence-electron chi connectivity index (χ1n) is 6.57. The van der Waals surface area contributed by atoms with E-state index in [2.05, 4.69) is 21.2 Å². The molecule has 1 aromatic rings. The van der Waals surface area contributed by atoms with E-state index in [0.717, 1.165) is 16.5 Å². The Kier molecular flexibility index (Phi) is 4.26. The van der Waals surface area contributed by atoms with Gasteiger partial charge in [0, 0.05) is 21.5 Å². The molecule has 20 heavy (non-hydrogen) atoms. The van der Waals surface area contributed by atoms with Crippen LogP contribution in [0.15, 0.2) is 16.6 Å². The van der Waals surface area contributed by atoms with Gasteiger partial charge in [-0.3, -0.25) is 9.59 Å². The van der Waals surface area contributed by atoms with Gasteiger partial charge < -0.3 is 5.32 Å². The Morgan fingerprint density at radius 2 is 2.05 bits per heavy atom. The van der Waals surface area contributed by atoms with Crippen LogP contribution in [-0.4, -0.2) is 17.2 Å². The smallest absolute Gasteiger partial charge is 0.235 e. The number of carbonyl (C=O) groups is 2. The first-order chi connectivity index (χ1) is 9.25. The molecule has 1 unspecified atom stereocenters. The van der Waals surface area contributed by atoms with Crippen molar-refractivity contribution < 1.29 is 9.59 Å². The van der Waals surface area contributed by atoms with E-state index in [4.69, 9.17) is 11.6 Å². The summed E-state index contributed by atoms with van der Waals surface area (Å²) in [6, 6.07) is 3.65. The number of benzene rings is 1. The molecule has 1 heterocycles. The van der Waals surface area contributed by atoms with Crippen molar-refractivity contribution in [2.45, 2.75) is 45.1 Å². The van der Waals surface area contributed by atoms with Crippen LogP contribution in [0.1, 0.15) is 44.2 Å². The molecule has 1 saturated heterocycles. The van der Waals surface area contributed by atoms with Crippen molar-refractivity contribution >= 4 is 39.2 Å². The van der Waals surface area contributed by atoms with E-state index in [9.17, 15) is 9.59 Å². The number of halogens is 2. The van der Waals surface area contributed by atoms with Crippen LogP contribution in [0.3, 0.4) is 0 Å². The normalized spacial score (nSPS) is 21.8. The third-order valence-corrected chi connectivity index (χ3v) is 4.28. The quantitative estimate of drug-likeness (QED) is 0.821. The Morgan fingerprint density at radius 1 is 1.40 bits per heavy atom. The van der Waals surface area contributed by atoms with Crippen molar-refractivity contribution in [3.8, 4) is 0 Å². The molecule has 1 aromatic carbocycles. The molecule has 1 amide bonds. The highest BCUT2D eigenvalue weighted by Crippen LogP contribution is 2.36. The monoisotopic (exact) mass is 357 g/mol. The highest BCUT2D eigenvalue weighted by molar-refractivity contribution is 9.10. The zero-order chi connectivity index (χ0) is 15.1. The van der Waals surface area contributed by atoms with E-state index in [1.807, 2.05) is 26.8 Å². The molecule has 2 rings (SSSR count). The zero-order valence-corrected chi connectivity index (χ0v) is 14.1. The third-order valence-electron chi connectivity index (χ3n) is 3.51. The van der Waals surface area contributed by atoms with Gasteiger partial charge in [-0.15, -0.1) is 0 Å². The maximum Gasteiger partial charge on any atom is 0.235 e. The van der Waals surface area contributed by atoms with E-state index >= 15 is 0 Å². The number of rotatable bonds is 2. The minimum Gasteiger partial charge on any atom is -0.350 e. The third kappa shape index (κ3) is 2.91. The fourth-order valence-electron chi connectivity index (χ4n) is 2.68. The van der Waals surface area contributed by atoms with Gasteiger partial charge in [-0.2, -0.15) is 0 Å². The van der Waals surface area contributed by atoms with Crippen molar-refractivity contribution in [3.63, 3.8) is 0 Å². The SMILES string of the molecule is CCc1cc(Br)cc(Cl)c1C1C(=O)CC(C)(C)NC1=O. The second-order valence-electron chi connectivity index (χ2n) is 5.76. The van der Waals surface area contributed by atoms with Crippen molar-refractivity contribution in [1.82, 2.24) is 5.32 Å². The van der Waals surface area contributed by atoms with E-state index < -0.39 is 11.5 Å². The van der Waals surface area contributed by atoms with Gasteiger partial charge in [0.2, 0.25) is 5.91 Å². The van der Waals surface area contributed by atoms with Gasteiger partial charge >= 0.3 is 0 Å². The summed E-state index contributed by atoms with van der Waals surface area (Å²) in [5, 5.41) is 3.36. The highest BCUT2D eigenvalue weighted by atomic mass is 79.9. The molecule has 0 radical (unpaired) electrons. The molecule has 0 saturated carbocycles. The van der Waals surface area contributed by atoms with Gasteiger partial charge in [0.05, 0.1) is 0 Å². The van der Waals surface area contributed by atoms with Crippen LogP contribution in [0.4, 0.5) is 0 Å². The maximum atomic E-state index is 12.4. The summed E-state index contributed by atoms with van der Waals surface area (Å²) in [5.41, 5.74) is 1.09. The fraction of sp³-hybridized carbons (Fsp3) is 0.467. The van der Waals surface area contributed by atoms with Crippen LogP contribution in [0.5, 0.6) is 0 Å². The Balaban J connectivity index is 2.51. The van der Waals surface area contributed by atoms with Crippen molar-refractivity contribution in [2.24, 2.45) is 0 Å². The highest BCUT2D eigenvalue weighted by Gasteiger charge is 2.41. The zero-order valence-electron chi connectivity index (χ0n) is 11.7. The summed E-state index contributed by atoms with van der Waals surface area (Å²) in [6.45, 7) is 5.68. The molecule has 3 nitrogen and oxygen atoms in total. The molecule has 1 aliphatic rings.